The van der Waals surface area contributed by atoms with Gasteiger partial charge in [-0.15, -0.1) is 0 Å². The normalized spacial score (nSPS) is 12.6. The Kier molecular flexibility index (Phi) is 5.23. The molecule has 0 spiro atoms. The molecular weight excluding hydrogens is 328 g/mol. The van der Waals surface area contributed by atoms with Gasteiger partial charge in [-0.1, -0.05) is 31.2 Å². The molecule has 0 heterocycles. The molecule has 1 atom stereocenters. The van der Waals surface area contributed by atoms with E-state index in [0.29, 0.717) is 5.69 Å². The van der Waals surface area contributed by atoms with Crippen LogP contribution in [0.2, 0.25) is 0 Å². The molecule has 0 radical (unpaired) electrons. The van der Waals surface area contributed by atoms with Crippen molar-refractivity contribution in [2.45, 2.75) is 31.2 Å². The summed E-state index contributed by atoms with van der Waals surface area (Å²) in [5, 5.41) is 14.4. The number of nitro groups is 1. The average molecular weight is 348 g/mol. The number of aryl methyl sites for hydroxylation is 1. The van der Waals surface area contributed by atoms with Gasteiger partial charge in [0.05, 0.1) is 9.82 Å². The van der Waals surface area contributed by atoms with Gasteiger partial charge in [-0.3, -0.25) is 10.1 Å². The number of hydrogen-bond acceptors (Lipinski definition) is 5. The van der Waals surface area contributed by atoms with E-state index < -0.39 is 14.8 Å². The Hall–Kier alpha value is -2.41. The summed E-state index contributed by atoms with van der Waals surface area (Å²) in [5.41, 5.74) is 2.25. The highest BCUT2D eigenvalue weighted by atomic mass is 32.2. The van der Waals surface area contributed by atoms with Gasteiger partial charge in [0.2, 0.25) is 0 Å². The third-order valence-corrected chi connectivity index (χ3v) is 4.96. The van der Waals surface area contributed by atoms with E-state index in [0.717, 1.165) is 24.3 Å². The van der Waals surface area contributed by atoms with Crippen LogP contribution in [0, 0.1) is 10.1 Å². The quantitative estimate of drug-likeness (QED) is 0.634. The third-order valence-electron chi connectivity index (χ3n) is 3.85. The summed E-state index contributed by atoms with van der Waals surface area (Å²) in [5.74, 6) is 0. The summed E-state index contributed by atoms with van der Waals surface area (Å²) in [7, 11) is -3.50. The van der Waals surface area contributed by atoms with Gasteiger partial charge in [0.25, 0.3) is 5.69 Å². The van der Waals surface area contributed by atoms with Crippen LogP contribution in [-0.4, -0.2) is 19.6 Å². The van der Waals surface area contributed by atoms with Gasteiger partial charge in [0, 0.05) is 18.4 Å². The van der Waals surface area contributed by atoms with Crippen molar-refractivity contribution < 1.29 is 13.3 Å². The van der Waals surface area contributed by atoms with Gasteiger partial charge in [-0.2, -0.15) is 0 Å². The largest absolute Gasteiger partial charge is 0.373 e. The predicted molar refractivity (Wildman–Crippen MR) is 94.1 cm³/mol. The van der Waals surface area contributed by atoms with E-state index >= 15 is 0 Å². The summed E-state index contributed by atoms with van der Waals surface area (Å²) in [6.07, 6.45) is 1.97. The maximum absolute atomic E-state index is 11.6. The van der Waals surface area contributed by atoms with Crippen molar-refractivity contribution in [3.05, 3.63) is 63.7 Å². The Bertz CT molecular complexity index is 845. The van der Waals surface area contributed by atoms with Gasteiger partial charge < -0.3 is 5.32 Å². The lowest BCUT2D eigenvalue weighted by Gasteiger charge is -2.16. The average Bonchev–Trinajstić information content (AvgIpc) is 2.54. The first-order valence-corrected chi connectivity index (χ1v) is 9.45. The molecule has 0 aliphatic carbocycles. The monoisotopic (exact) mass is 348 g/mol. The van der Waals surface area contributed by atoms with Crippen LogP contribution in [0.25, 0.3) is 0 Å². The minimum atomic E-state index is -3.50. The zero-order valence-corrected chi connectivity index (χ0v) is 14.6. The highest BCUT2D eigenvalue weighted by molar-refractivity contribution is 7.90. The fourth-order valence-electron chi connectivity index (χ4n) is 2.37. The first-order chi connectivity index (χ1) is 11.2. The van der Waals surface area contributed by atoms with Crippen molar-refractivity contribution in [2.24, 2.45) is 0 Å². The molecule has 2 rings (SSSR count). The minimum Gasteiger partial charge on any atom is -0.373 e. The molecule has 6 nitrogen and oxygen atoms in total. The maximum atomic E-state index is 11.6. The molecule has 0 aromatic heterocycles. The molecule has 24 heavy (non-hydrogen) atoms. The number of nitro benzene ring substituents is 1. The number of nitrogens with one attached hydrogen (secondary N) is 1. The van der Waals surface area contributed by atoms with Crippen LogP contribution in [0.5, 0.6) is 0 Å². The zero-order chi connectivity index (χ0) is 17.9. The van der Waals surface area contributed by atoms with E-state index in [4.69, 9.17) is 0 Å². The zero-order valence-electron chi connectivity index (χ0n) is 13.8. The number of benzene rings is 2. The summed E-state index contributed by atoms with van der Waals surface area (Å²) < 4.78 is 23.2. The molecule has 0 aliphatic rings. The summed E-state index contributed by atoms with van der Waals surface area (Å²) >= 11 is 0. The summed E-state index contributed by atoms with van der Waals surface area (Å²) in [4.78, 5) is 10.6. The van der Waals surface area contributed by atoms with E-state index in [1.54, 1.807) is 0 Å². The number of sulfone groups is 1. The fraction of sp³-hybridized carbons (Fsp3) is 0.294. The number of hydrogen-bond donors (Lipinski definition) is 1. The topological polar surface area (TPSA) is 89.3 Å². The van der Waals surface area contributed by atoms with Crippen LogP contribution >= 0.6 is 0 Å². The van der Waals surface area contributed by atoms with E-state index in [2.05, 4.69) is 12.2 Å². The highest BCUT2D eigenvalue weighted by Crippen LogP contribution is 2.30. The smallest absolute Gasteiger partial charge is 0.293 e. The van der Waals surface area contributed by atoms with Crippen LogP contribution in [-0.2, 0) is 16.3 Å². The molecule has 0 bridgehead atoms. The standard InChI is InChI=1S/C17H20N2O4S/c1-4-13-5-7-14(8-6-13)12(2)18-16-10-9-15(24(3,22)23)11-17(16)19(20)21/h5-12,18H,4H2,1-3H3. The Morgan fingerprint density at radius 2 is 1.79 bits per heavy atom. The second-order valence-corrected chi connectivity index (χ2v) is 7.69. The molecule has 0 fully saturated rings. The molecule has 1 N–H and O–H groups in total. The van der Waals surface area contributed by atoms with Crippen molar-refractivity contribution in [1.29, 1.82) is 0 Å². The lowest BCUT2D eigenvalue weighted by molar-refractivity contribution is -0.384. The van der Waals surface area contributed by atoms with E-state index in [1.807, 2.05) is 31.2 Å². The van der Waals surface area contributed by atoms with Gasteiger partial charge in [-0.25, -0.2) is 8.42 Å². The second kappa shape index (κ2) is 7.00. The van der Waals surface area contributed by atoms with Crippen molar-refractivity contribution in [1.82, 2.24) is 0 Å². The molecule has 2 aromatic rings. The number of nitrogens with zero attached hydrogens (tertiary/aromatic N) is 1. The predicted octanol–water partition coefficient (Wildman–Crippen LogP) is 3.73. The number of anilines is 1. The molecule has 0 aliphatic heterocycles. The molecule has 0 saturated carbocycles. The Morgan fingerprint density at radius 3 is 2.29 bits per heavy atom. The van der Waals surface area contributed by atoms with Gasteiger partial charge in [0.15, 0.2) is 9.84 Å². The number of rotatable bonds is 6. The SMILES string of the molecule is CCc1ccc(C(C)Nc2ccc(S(C)(=O)=O)cc2[N+](=O)[O-])cc1. The van der Waals surface area contributed by atoms with Crippen LogP contribution in [0.3, 0.4) is 0 Å². The minimum absolute atomic E-state index is 0.0697. The van der Waals surface area contributed by atoms with Crippen LogP contribution in [0.15, 0.2) is 47.4 Å². The van der Waals surface area contributed by atoms with E-state index in [9.17, 15) is 18.5 Å². The maximum Gasteiger partial charge on any atom is 0.293 e. The third kappa shape index (κ3) is 4.11. The molecule has 2 aromatic carbocycles. The molecule has 0 amide bonds. The van der Waals surface area contributed by atoms with Gasteiger partial charge >= 0.3 is 0 Å². The van der Waals surface area contributed by atoms with Gasteiger partial charge in [0.1, 0.15) is 5.69 Å². The van der Waals surface area contributed by atoms with Crippen molar-refractivity contribution >= 4 is 21.2 Å². The van der Waals surface area contributed by atoms with Crippen molar-refractivity contribution in [3.63, 3.8) is 0 Å². The van der Waals surface area contributed by atoms with E-state index in [1.165, 1.54) is 17.7 Å². The fourth-order valence-corrected chi connectivity index (χ4v) is 3.01. The molecule has 7 heteroatoms. The summed E-state index contributed by atoms with van der Waals surface area (Å²) in [6.45, 7) is 3.97. The highest BCUT2D eigenvalue weighted by Gasteiger charge is 2.20. The van der Waals surface area contributed by atoms with Crippen molar-refractivity contribution in [3.8, 4) is 0 Å². The van der Waals surface area contributed by atoms with E-state index in [-0.39, 0.29) is 16.6 Å². The first-order valence-electron chi connectivity index (χ1n) is 7.56. The van der Waals surface area contributed by atoms with Gasteiger partial charge in [-0.05, 0) is 36.6 Å². The summed E-state index contributed by atoms with van der Waals surface area (Å²) in [6, 6.07) is 11.7. The molecule has 128 valence electrons. The van der Waals surface area contributed by atoms with Crippen LogP contribution < -0.4 is 5.32 Å². The van der Waals surface area contributed by atoms with Crippen LogP contribution in [0.4, 0.5) is 11.4 Å². The lowest BCUT2D eigenvalue weighted by Crippen LogP contribution is -2.09. The molecule has 1 unspecified atom stereocenters. The van der Waals surface area contributed by atoms with Crippen LogP contribution in [0.1, 0.15) is 31.0 Å². The Morgan fingerprint density at radius 1 is 1.17 bits per heavy atom. The molecule has 0 saturated heterocycles. The Labute approximate surface area is 141 Å². The van der Waals surface area contributed by atoms with Crippen molar-refractivity contribution in [2.75, 3.05) is 11.6 Å². The molecular formula is C17H20N2O4S. The Balaban J connectivity index is 2.32. The first kappa shape index (κ1) is 17.9. The lowest BCUT2D eigenvalue weighted by atomic mass is 10.0. The second-order valence-electron chi connectivity index (χ2n) is 5.67.